The van der Waals surface area contributed by atoms with E-state index >= 15 is 0 Å². The van der Waals surface area contributed by atoms with Gasteiger partial charge in [-0.2, -0.15) is 0 Å². The van der Waals surface area contributed by atoms with Crippen LogP contribution in [0.4, 0.5) is 0 Å². The number of methoxy groups -OCH3 is 1. The van der Waals surface area contributed by atoms with E-state index in [0.29, 0.717) is 11.1 Å². The van der Waals surface area contributed by atoms with Crippen LogP contribution in [0, 0.1) is 12.3 Å². The number of aliphatic hydroxyl groups excluding tert-OH is 1. The van der Waals surface area contributed by atoms with Gasteiger partial charge < -0.3 is 15.2 Å². The Labute approximate surface area is 105 Å². The standard InChI is InChI=1S/C13H13NO4/c1-3-9-4-6-10(7-5-9)12(16)14-11(8-15)13(17)18-2/h1,4-7,11,15H,8H2,2H3,(H,14,16)/t11-/m0/s1. The number of hydrogen-bond donors (Lipinski definition) is 2. The molecule has 0 fully saturated rings. The minimum absolute atomic E-state index is 0.344. The van der Waals surface area contributed by atoms with Crippen LogP contribution in [0.1, 0.15) is 15.9 Å². The van der Waals surface area contributed by atoms with Gasteiger partial charge in [0.25, 0.3) is 5.91 Å². The van der Waals surface area contributed by atoms with Gasteiger partial charge in [-0.15, -0.1) is 6.42 Å². The number of ether oxygens (including phenoxy) is 1. The van der Waals surface area contributed by atoms with Crippen molar-refractivity contribution in [1.29, 1.82) is 0 Å². The van der Waals surface area contributed by atoms with Crippen LogP contribution in [0.5, 0.6) is 0 Å². The lowest BCUT2D eigenvalue weighted by Crippen LogP contribution is -2.44. The van der Waals surface area contributed by atoms with Gasteiger partial charge in [-0.1, -0.05) is 5.92 Å². The van der Waals surface area contributed by atoms with Crippen LogP contribution in [-0.4, -0.2) is 36.7 Å². The second-order valence-corrected chi connectivity index (χ2v) is 3.45. The third-order valence-electron chi connectivity index (χ3n) is 2.29. The van der Waals surface area contributed by atoms with E-state index in [1.54, 1.807) is 12.1 Å². The summed E-state index contributed by atoms with van der Waals surface area (Å²) in [6, 6.07) is 5.23. The summed E-state index contributed by atoms with van der Waals surface area (Å²) < 4.78 is 4.44. The first-order valence-corrected chi connectivity index (χ1v) is 5.18. The molecule has 1 rings (SSSR count). The van der Waals surface area contributed by atoms with Gasteiger partial charge in [0.2, 0.25) is 0 Å². The van der Waals surface area contributed by atoms with Crippen molar-refractivity contribution in [3.05, 3.63) is 35.4 Å². The molecule has 0 saturated carbocycles. The van der Waals surface area contributed by atoms with Crippen LogP contribution in [0.2, 0.25) is 0 Å². The number of carbonyl (C=O) groups is 2. The Hall–Kier alpha value is -2.32. The van der Waals surface area contributed by atoms with E-state index in [2.05, 4.69) is 16.0 Å². The molecule has 5 heteroatoms. The maximum atomic E-state index is 11.8. The molecule has 94 valence electrons. The van der Waals surface area contributed by atoms with Crippen molar-refractivity contribution in [1.82, 2.24) is 5.32 Å². The number of nitrogens with one attached hydrogen (secondary N) is 1. The minimum Gasteiger partial charge on any atom is -0.467 e. The Balaban J connectivity index is 2.75. The molecule has 5 nitrogen and oxygen atoms in total. The molecular weight excluding hydrogens is 234 g/mol. The van der Waals surface area contributed by atoms with E-state index in [4.69, 9.17) is 11.5 Å². The number of rotatable bonds is 4. The van der Waals surface area contributed by atoms with Gasteiger partial charge in [0.05, 0.1) is 13.7 Å². The van der Waals surface area contributed by atoms with E-state index in [1.807, 2.05) is 0 Å². The number of esters is 1. The first kappa shape index (κ1) is 13.7. The average molecular weight is 247 g/mol. The van der Waals surface area contributed by atoms with Crippen molar-refractivity contribution in [3.63, 3.8) is 0 Å². The van der Waals surface area contributed by atoms with Gasteiger partial charge >= 0.3 is 5.97 Å². The minimum atomic E-state index is -1.07. The van der Waals surface area contributed by atoms with Crippen molar-refractivity contribution in [2.24, 2.45) is 0 Å². The second-order valence-electron chi connectivity index (χ2n) is 3.45. The van der Waals surface area contributed by atoms with Gasteiger partial charge in [-0.3, -0.25) is 4.79 Å². The highest BCUT2D eigenvalue weighted by atomic mass is 16.5. The zero-order valence-corrected chi connectivity index (χ0v) is 9.84. The van der Waals surface area contributed by atoms with Crippen LogP contribution < -0.4 is 5.32 Å². The highest BCUT2D eigenvalue weighted by Crippen LogP contribution is 2.03. The largest absolute Gasteiger partial charge is 0.467 e. The molecule has 0 radical (unpaired) electrons. The zero-order chi connectivity index (χ0) is 13.5. The average Bonchev–Trinajstić information content (AvgIpc) is 2.43. The van der Waals surface area contributed by atoms with Gasteiger partial charge in [0.15, 0.2) is 6.04 Å². The molecule has 0 aliphatic carbocycles. The Bertz CT molecular complexity index is 473. The summed E-state index contributed by atoms with van der Waals surface area (Å²) in [6.45, 7) is -0.527. The van der Waals surface area contributed by atoms with E-state index in [1.165, 1.54) is 19.2 Å². The fourth-order valence-electron chi connectivity index (χ4n) is 1.28. The molecule has 1 aromatic carbocycles. The predicted octanol–water partition coefficient (Wildman–Crippen LogP) is -0.0684. The summed E-state index contributed by atoms with van der Waals surface area (Å²) in [5, 5.41) is 11.3. The maximum absolute atomic E-state index is 11.8. The van der Waals surface area contributed by atoms with Gasteiger partial charge in [-0.05, 0) is 24.3 Å². The highest BCUT2D eigenvalue weighted by Gasteiger charge is 2.20. The topological polar surface area (TPSA) is 75.6 Å². The Morgan fingerprint density at radius 2 is 2.06 bits per heavy atom. The summed E-state index contributed by atoms with van der Waals surface area (Å²) >= 11 is 0. The number of amides is 1. The van der Waals surface area contributed by atoms with Crippen LogP contribution in [0.25, 0.3) is 0 Å². The molecule has 0 aliphatic heterocycles. The molecule has 0 aliphatic rings. The van der Waals surface area contributed by atoms with E-state index < -0.39 is 24.5 Å². The monoisotopic (exact) mass is 247 g/mol. The summed E-state index contributed by atoms with van der Waals surface area (Å²) in [5.74, 6) is 1.24. The lowest BCUT2D eigenvalue weighted by Gasteiger charge is -2.13. The molecule has 0 aromatic heterocycles. The predicted molar refractivity (Wildman–Crippen MR) is 64.7 cm³/mol. The first-order chi connectivity index (χ1) is 8.62. The zero-order valence-electron chi connectivity index (χ0n) is 9.84. The fourth-order valence-corrected chi connectivity index (χ4v) is 1.28. The summed E-state index contributed by atoms with van der Waals surface area (Å²) in [4.78, 5) is 22.9. The van der Waals surface area contributed by atoms with Crippen molar-refractivity contribution in [2.45, 2.75) is 6.04 Å². The normalized spacial score (nSPS) is 11.2. The second kappa shape index (κ2) is 6.42. The maximum Gasteiger partial charge on any atom is 0.330 e. The molecule has 1 amide bonds. The number of aliphatic hydroxyl groups is 1. The van der Waals surface area contributed by atoms with Crippen LogP contribution >= 0.6 is 0 Å². The Morgan fingerprint density at radius 3 is 2.50 bits per heavy atom. The molecule has 1 aromatic rings. The van der Waals surface area contributed by atoms with Crippen molar-refractivity contribution in [3.8, 4) is 12.3 Å². The number of hydrogen-bond acceptors (Lipinski definition) is 4. The summed E-state index contributed by atoms with van der Waals surface area (Å²) in [7, 11) is 1.18. The number of terminal acetylenes is 1. The van der Waals surface area contributed by atoms with E-state index in [0.717, 1.165) is 0 Å². The molecule has 1 atom stereocenters. The molecular formula is C13H13NO4. The third kappa shape index (κ3) is 3.34. The molecule has 2 N–H and O–H groups in total. The van der Waals surface area contributed by atoms with E-state index in [9.17, 15) is 9.59 Å². The van der Waals surface area contributed by atoms with Crippen LogP contribution in [0.15, 0.2) is 24.3 Å². The Morgan fingerprint density at radius 1 is 1.44 bits per heavy atom. The van der Waals surface area contributed by atoms with Gasteiger partial charge in [0.1, 0.15) is 0 Å². The first-order valence-electron chi connectivity index (χ1n) is 5.18. The summed E-state index contributed by atoms with van der Waals surface area (Å²) in [5.41, 5.74) is 0.995. The molecule has 0 unspecified atom stereocenters. The molecule has 0 bridgehead atoms. The van der Waals surface area contributed by atoms with Crippen LogP contribution in [-0.2, 0) is 9.53 Å². The quantitative estimate of drug-likeness (QED) is 0.577. The summed E-state index contributed by atoms with van der Waals surface area (Å²) in [6.07, 6.45) is 5.19. The van der Waals surface area contributed by atoms with Crippen LogP contribution in [0.3, 0.4) is 0 Å². The smallest absolute Gasteiger partial charge is 0.330 e. The fraction of sp³-hybridized carbons (Fsp3) is 0.231. The lowest BCUT2D eigenvalue weighted by atomic mass is 10.1. The molecule has 0 heterocycles. The van der Waals surface area contributed by atoms with Crippen molar-refractivity contribution >= 4 is 11.9 Å². The van der Waals surface area contributed by atoms with Gasteiger partial charge in [-0.25, -0.2) is 4.79 Å². The number of benzene rings is 1. The molecule has 18 heavy (non-hydrogen) atoms. The third-order valence-corrected chi connectivity index (χ3v) is 2.29. The number of carbonyl (C=O) groups excluding carboxylic acids is 2. The lowest BCUT2D eigenvalue weighted by molar-refractivity contribution is -0.143. The van der Waals surface area contributed by atoms with Gasteiger partial charge in [0, 0.05) is 11.1 Å². The Kier molecular flexibility index (Phi) is 4.90. The van der Waals surface area contributed by atoms with Crippen molar-refractivity contribution in [2.75, 3.05) is 13.7 Å². The highest BCUT2D eigenvalue weighted by molar-refractivity contribution is 5.96. The SMILES string of the molecule is C#Cc1ccc(C(=O)N[C@@H](CO)C(=O)OC)cc1. The molecule has 0 spiro atoms. The van der Waals surface area contributed by atoms with Crippen molar-refractivity contribution < 1.29 is 19.4 Å². The molecule has 0 saturated heterocycles. The van der Waals surface area contributed by atoms with E-state index in [-0.39, 0.29) is 0 Å².